The van der Waals surface area contributed by atoms with Gasteiger partial charge in [0.1, 0.15) is 0 Å². The van der Waals surface area contributed by atoms with Crippen molar-refractivity contribution in [3.05, 3.63) is 57.8 Å². The molecule has 5 heteroatoms. The summed E-state index contributed by atoms with van der Waals surface area (Å²) in [6.45, 7) is 6.42. The molecule has 0 aliphatic rings. The zero-order chi connectivity index (χ0) is 17.6. The minimum Gasteiger partial charge on any atom is -0.347 e. The molecule has 1 aromatic carbocycles. The SMILES string of the molecule is CC(C)(C)[C@@H](NC(=O)CSCc1ccc(C#N)cc1)c1cccs1. The van der Waals surface area contributed by atoms with Gasteiger partial charge < -0.3 is 5.32 Å². The van der Waals surface area contributed by atoms with Crippen LogP contribution in [0, 0.1) is 16.7 Å². The topological polar surface area (TPSA) is 52.9 Å². The smallest absolute Gasteiger partial charge is 0.230 e. The van der Waals surface area contributed by atoms with E-state index in [0.717, 1.165) is 11.3 Å². The van der Waals surface area contributed by atoms with Crippen molar-refractivity contribution in [2.45, 2.75) is 32.6 Å². The third kappa shape index (κ3) is 5.40. The van der Waals surface area contributed by atoms with Crippen molar-refractivity contribution in [1.29, 1.82) is 5.26 Å². The molecule has 1 N–H and O–H groups in total. The second-order valence-corrected chi connectivity index (χ2v) is 8.65. The van der Waals surface area contributed by atoms with E-state index in [9.17, 15) is 4.79 Å². The molecule has 0 unspecified atom stereocenters. The van der Waals surface area contributed by atoms with E-state index >= 15 is 0 Å². The van der Waals surface area contributed by atoms with Gasteiger partial charge in [0.25, 0.3) is 0 Å². The second kappa shape index (κ2) is 8.36. The summed E-state index contributed by atoms with van der Waals surface area (Å²) in [6.07, 6.45) is 0. The fourth-order valence-corrected chi connectivity index (χ4v) is 4.13. The molecule has 2 rings (SSSR count). The molecule has 126 valence electrons. The van der Waals surface area contributed by atoms with Crippen LogP contribution in [-0.4, -0.2) is 11.7 Å². The summed E-state index contributed by atoms with van der Waals surface area (Å²) >= 11 is 3.26. The van der Waals surface area contributed by atoms with Gasteiger partial charge in [-0.3, -0.25) is 4.79 Å². The Hall–Kier alpha value is -1.77. The van der Waals surface area contributed by atoms with Crippen molar-refractivity contribution < 1.29 is 4.79 Å². The number of rotatable bonds is 6. The fourth-order valence-electron chi connectivity index (χ4n) is 2.31. The number of hydrogen-bond donors (Lipinski definition) is 1. The van der Waals surface area contributed by atoms with Crippen LogP contribution in [-0.2, 0) is 10.5 Å². The van der Waals surface area contributed by atoms with Crippen molar-refractivity contribution in [1.82, 2.24) is 5.32 Å². The third-order valence-corrected chi connectivity index (χ3v) is 5.52. The summed E-state index contributed by atoms with van der Waals surface area (Å²) in [5.74, 6) is 1.25. The molecular weight excluding hydrogens is 336 g/mol. The summed E-state index contributed by atoms with van der Waals surface area (Å²) < 4.78 is 0. The molecule has 0 spiro atoms. The predicted octanol–water partition coefficient (Wildman–Crippen LogP) is 4.76. The number of nitriles is 1. The standard InChI is InChI=1S/C19H22N2OS2/c1-19(2,3)18(16-5-4-10-24-16)21-17(22)13-23-12-15-8-6-14(11-20)7-9-15/h4-10,18H,12-13H2,1-3H3,(H,21,22)/t18-/m0/s1. The van der Waals surface area contributed by atoms with Crippen LogP contribution in [0.4, 0.5) is 0 Å². The Morgan fingerprint density at radius 2 is 2.00 bits per heavy atom. The monoisotopic (exact) mass is 358 g/mol. The summed E-state index contributed by atoms with van der Waals surface area (Å²) in [5, 5.41) is 14.0. The number of thiophene rings is 1. The molecule has 0 radical (unpaired) electrons. The molecule has 1 aromatic heterocycles. The van der Waals surface area contributed by atoms with Gasteiger partial charge in [-0.25, -0.2) is 0 Å². The maximum atomic E-state index is 12.3. The second-order valence-electron chi connectivity index (χ2n) is 6.68. The van der Waals surface area contributed by atoms with E-state index in [0.29, 0.717) is 11.3 Å². The maximum Gasteiger partial charge on any atom is 0.230 e. The number of thioether (sulfide) groups is 1. The zero-order valence-corrected chi connectivity index (χ0v) is 15.8. The van der Waals surface area contributed by atoms with Crippen molar-refractivity contribution in [2.75, 3.05) is 5.75 Å². The third-order valence-electron chi connectivity index (χ3n) is 3.58. The van der Waals surface area contributed by atoms with Crippen LogP contribution in [0.25, 0.3) is 0 Å². The highest BCUT2D eigenvalue weighted by molar-refractivity contribution is 7.99. The number of nitrogens with zero attached hydrogens (tertiary/aromatic N) is 1. The summed E-state index contributed by atoms with van der Waals surface area (Å²) in [7, 11) is 0. The van der Waals surface area contributed by atoms with E-state index in [-0.39, 0.29) is 17.4 Å². The van der Waals surface area contributed by atoms with Crippen LogP contribution in [0.1, 0.15) is 42.8 Å². The molecule has 0 saturated carbocycles. The first-order chi connectivity index (χ1) is 11.4. The Morgan fingerprint density at radius 3 is 2.54 bits per heavy atom. The number of nitrogens with one attached hydrogen (secondary N) is 1. The first-order valence-electron chi connectivity index (χ1n) is 7.79. The number of amides is 1. The quantitative estimate of drug-likeness (QED) is 0.810. The van der Waals surface area contributed by atoms with Crippen LogP contribution >= 0.6 is 23.1 Å². The Kier molecular flexibility index (Phi) is 6.47. The Balaban J connectivity index is 1.86. The average Bonchev–Trinajstić information content (AvgIpc) is 3.06. The lowest BCUT2D eigenvalue weighted by atomic mass is 9.86. The van der Waals surface area contributed by atoms with Crippen molar-refractivity contribution in [3.63, 3.8) is 0 Å². The highest BCUT2D eigenvalue weighted by Gasteiger charge is 2.28. The minimum absolute atomic E-state index is 0.0283. The van der Waals surface area contributed by atoms with Gasteiger partial charge in [-0.1, -0.05) is 39.0 Å². The van der Waals surface area contributed by atoms with Crippen molar-refractivity contribution in [3.8, 4) is 6.07 Å². The van der Waals surface area contributed by atoms with Crippen LogP contribution < -0.4 is 5.32 Å². The summed E-state index contributed by atoms with van der Waals surface area (Å²) in [4.78, 5) is 13.5. The molecule has 1 amide bonds. The van der Waals surface area contributed by atoms with Gasteiger partial charge in [0, 0.05) is 10.6 Å². The maximum absolute atomic E-state index is 12.3. The molecule has 0 bridgehead atoms. The van der Waals surface area contributed by atoms with Crippen LogP contribution in [0.3, 0.4) is 0 Å². The molecule has 2 aromatic rings. The van der Waals surface area contributed by atoms with Crippen molar-refractivity contribution >= 4 is 29.0 Å². The number of carbonyl (C=O) groups is 1. The molecule has 3 nitrogen and oxygen atoms in total. The van der Waals surface area contributed by atoms with Crippen molar-refractivity contribution in [2.24, 2.45) is 5.41 Å². The van der Waals surface area contributed by atoms with Crippen LogP contribution in [0.5, 0.6) is 0 Å². The average molecular weight is 359 g/mol. The molecular formula is C19H22N2OS2. The van der Waals surface area contributed by atoms with Gasteiger partial charge in [-0.2, -0.15) is 5.26 Å². The normalized spacial score (nSPS) is 12.4. The lowest BCUT2D eigenvalue weighted by Gasteiger charge is -2.30. The van der Waals surface area contributed by atoms with Gasteiger partial charge in [0.2, 0.25) is 5.91 Å². The molecule has 1 atom stereocenters. The Bertz CT molecular complexity index is 694. The van der Waals surface area contributed by atoms with Gasteiger partial charge >= 0.3 is 0 Å². The van der Waals surface area contributed by atoms with Crippen LogP contribution in [0.2, 0.25) is 0 Å². The molecule has 24 heavy (non-hydrogen) atoms. The molecule has 0 aliphatic heterocycles. The molecule has 0 saturated heterocycles. The van der Waals surface area contributed by atoms with Gasteiger partial charge in [0.05, 0.1) is 23.4 Å². The van der Waals surface area contributed by atoms with Gasteiger partial charge in [0.15, 0.2) is 0 Å². The molecule has 0 aliphatic carbocycles. The Labute approximate surface area is 152 Å². The fraction of sp³-hybridized carbons (Fsp3) is 0.368. The van der Waals surface area contributed by atoms with E-state index in [1.165, 1.54) is 4.88 Å². The van der Waals surface area contributed by atoms with E-state index < -0.39 is 0 Å². The summed E-state index contributed by atoms with van der Waals surface area (Å²) in [6, 6.07) is 13.7. The minimum atomic E-state index is -0.0295. The van der Waals surface area contributed by atoms with Gasteiger partial charge in [-0.15, -0.1) is 23.1 Å². The van der Waals surface area contributed by atoms with E-state index in [4.69, 9.17) is 5.26 Å². The van der Waals surface area contributed by atoms with Gasteiger partial charge in [-0.05, 0) is 34.6 Å². The van der Waals surface area contributed by atoms with Crippen LogP contribution in [0.15, 0.2) is 41.8 Å². The van der Waals surface area contributed by atoms with E-state index in [2.05, 4.69) is 38.2 Å². The largest absolute Gasteiger partial charge is 0.347 e. The highest BCUT2D eigenvalue weighted by Crippen LogP contribution is 2.35. The zero-order valence-electron chi connectivity index (χ0n) is 14.2. The predicted molar refractivity (Wildman–Crippen MR) is 102 cm³/mol. The lowest BCUT2D eigenvalue weighted by Crippen LogP contribution is -2.37. The number of carbonyl (C=O) groups excluding carboxylic acids is 1. The molecule has 1 heterocycles. The first kappa shape index (κ1) is 18.6. The Morgan fingerprint density at radius 1 is 1.29 bits per heavy atom. The first-order valence-corrected chi connectivity index (χ1v) is 9.83. The van der Waals surface area contributed by atoms with E-state index in [1.807, 2.05) is 35.7 Å². The number of hydrogen-bond acceptors (Lipinski definition) is 4. The lowest BCUT2D eigenvalue weighted by molar-refractivity contribution is -0.120. The van der Waals surface area contributed by atoms with E-state index in [1.54, 1.807) is 23.1 Å². The molecule has 0 fully saturated rings. The highest BCUT2D eigenvalue weighted by atomic mass is 32.2. The summed E-state index contributed by atoms with van der Waals surface area (Å²) in [5.41, 5.74) is 1.75. The number of benzene rings is 1.